The number of H-pyrrole nitrogens is 1. The lowest BCUT2D eigenvalue weighted by atomic mass is 10.0. The molecule has 4 aromatic rings. The molecule has 0 unspecified atom stereocenters. The summed E-state index contributed by atoms with van der Waals surface area (Å²) in [6.45, 7) is 3.95. The van der Waals surface area contributed by atoms with Gasteiger partial charge in [0, 0.05) is 17.1 Å². The number of hydrogen-bond donors (Lipinski definition) is 2. The van der Waals surface area contributed by atoms with E-state index in [4.69, 9.17) is 4.98 Å². The molecular formula is C18H16N6. The predicted molar refractivity (Wildman–Crippen MR) is 94.1 cm³/mol. The molecule has 0 aliphatic rings. The third-order valence-corrected chi connectivity index (χ3v) is 3.88. The molecule has 3 heterocycles. The molecule has 118 valence electrons. The second-order valence-corrected chi connectivity index (χ2v) is 5.63. The number of rotatable bonds is 3. The van der Waals surface area contributed by atoms with Crippen LogP contribution < -0.4 is 5.32 Å². The van der Waals surface area contributed by atoms with Crippen LogP contribution in [-0.2, 0) is 0 Å². The highest BCUT2D eigenvalue weighted by molar-refractivity contribution is 5.94. The molecule has 6 nitrogen and oxygen atoms in total. The summed E-state index contributed by atoms with van der Waals surface area (Å²) in [5.74, 6) is 1.30. The fourth-order valence-corrected chi connectivity index (χ4v) is 2.70. The van der Waals surface area contributed by atoms with Crippen LogP contribution in [0.15, 0.2) is 48.8 Å². The number of aryl methyl sites for hydroxylation is 2. The summed E-state index contributed by atoms with van der Waals surface area (Å²) < 4.78 is 0. The average molecular weight is 316 g/mol. The Kier molecular flexibility index (Phi) is 3.42. The molecule has 0 spiro atoms. The Morgan fingerprint density at radius 2 is 1.92 bits per heavy atom. The van der Waals surface area contributed by atoms with Crippen molar-refractivity contribution in [2.45, 2.75) is 13.8 Å². The first kappa shape index (κ1) is 14.3. The van der Waals surface area contributed by atoms with E-state index >= 15 is 0 Å². The van der Waals surface area contributed by atoms with Gasteiger partial charge in [-0.3, -0.25) is 10.1 Å². The monoisotopic (exact) mass is 316 g/mol. The minimum atomic E-state index is 0.535. The molecule has 3 aromatic heterocycles. The summed E-state index contributed by atoms with van der Waals surface area (Å²) in [4.78, 5) is 13.3. The minimum absolute atomic E-state index is 0.535. The van der Waals surface area contributed by atoms with Crippen LogP contribution in [0.4, 0.5) is 11.6 Å². The Morgan fingerprint density at radius 1 is 1.04 bits per heavy atom. The molecular weight excluding hydrogens is 300 g/mol. The second-order valence-electron chi connectivity index (χ2n) is 5.63. The van der Waals surface area contributed by atoms with E-state index in [0.29, 0.717) is 5.95 Å². The number of pyridine rings is 2. The Morgan fingerprint density at radius 3 is 2.71 bits per heavy atom. The first-order valence-corrected chi connectivity index (χ1v) is 7.67. The topological polar surface area (TPSA) is 79.4 Å². The minimum Gasteiger partial charge on any atom is -0.322 e. The Labute approximate surface area is 139 Å². The van der Waals surface area contributed by atoms with Gasteiger partial charge < -0.3 is 5.32 Å². The van der Waals surface area contributed by atoms with Crippen molar-refractivity contribution in [2.24, 2.45) is 0 Å². The summed E-state index contributed by atoms with van der Waals surface area (Å²) in [6, 6.07) is 12.2. The fraction of sp³-hybridized carbons (Fsp3) is 0.111. The van der Waals surface area contributed by atoms with Gasteiger partial charge in [-0.25, -0.2) is 4.98 Å². The molecule has 0 amide bonds. The summed E-state index contributed by atoms with van der Waals surface area (Å²) in [7, 11) is 0. The number of fused-ring (bicyclic) bond motifs is 1. The summed E-state index contributed by atoms with van der Waals surface area (Å²) in [6.07, 6.45) is 3.53. The number of hydrogen-bond acceptors (Lipinski definition) is 5. The number of aromatic amines is 1. The zero-order valence-electron chi connectivity index (χ0n) is 13.4. The third kappa shape index (κ3) is 2.58. The zero-order chi connectivity index (χ0) is 16.5. The van der Waals surface area contributed by atoms with Crippen LogP contribution in [-0.4, -0.2) is 25.1 Å². The van der Waals surface area contributed by atoms with Crippen LogP contribution in [0.2, 0.25) is 0 Å². The van der Waals surface area contributed by atoms with Crippen molar-refractivity contribution in [3.63, 3.8) is 0 Å². The molecule has 0 saturated heterocycles. The molecule has 0 radical (unpaired) electrons. The molecule has 0 aliphatic heterocycles. The molecule has 0 fully saturated rings. The van der Waals surface area contributed by atoms with E-state index in [2.05, 4.69) is 44.5 Å². The number of anilines is 2. The highest BCUT2D eigenvalue weighted by Gasteiger charge is 2.11. The van der Waals surface area contributed by atoms with Crippen LogP contribution in [0.5, 0.6) is 0 Å². The van der Waals surface area contributed by atoms with Crippen molar-refractivity contribution in [2.75, 3.05) is 5.32 Å². The third-order valence-electron chi connectivity index (χ3n) is 3.88. The van der Waals surface area contributed by atoms with Gasteiger partial charge in [0.05, 0.1) is 23.1 Å². The number of nitrogens with one attached hydrogen (secondary N) is 2. The SMILES string of the molecule is Cc1nc(Nc2cc(-c3ccccc3C)nc3cnccc23)n[nH]1. The summed E-state index contributed by atoms with van der Waals surface area (Å²) in [5.41, 5.74) is 4.89. The standard InChI is InChI=1S/C18H16N6/c1-11-5-3-4-6-13(11)15-9-16(22-18-20-12(2)23-24-18)14-7-8-19-10-17(14)21-15/h3-10H,1-2H3,(H2,20,21,22,23,24). The summed E-state index contributed by atoms with van der Waals surface area (Å²) >= 11 is 0. The van der Waals surface area contributed by atoms with Crippen LogP contribution in [0.25, 0.3) is 22.2 Å². The molecule has 24 heavy (non-hydrogen) atoms. The van der Waals surface area contributed by atoms with Crippen LogP contribution >= 0.6 is 0 Å². The van der Waals surface area contributed by atoms with Gasteiger partial charge >= 0.3 is 0 Å². The van der Waals surface area contributed by atoms with Crippen molar-refractivity contribution < 1.29 is 0 Å². The largest absolute Gasteiger partial charge is 0.322 e. The van der Waals surface area contributed by atoms with Crippen molar-refractivity contribution in [3.8, 4) is 11.3 Å². The van der Waals surface area contributed by atoms with Crippen molar-refractivity contribution in [3.05, 3.63) is 60.2 Å². The van der Waals surface area contributed by atoms with E-state index < -0.39 is 0 Å². The maximum Gasteiger partial charge on any atom is 0.246 e. The molecule has 0 saturated carbocycles. The highest BCUT2D eigenvalue weighted by Crippen LogP contribution is 2.30. The van der Waals surface area contributed by atoms with Gasteiger partial charge in [0.15, 0.2) is 0 Å². The maximum absolute atomic E-state index is 4.76. The van der Waals surface area contributed by atoms with E-state index in [-0.39, 0.29) is 0 Å². The lowest BCUT2D eigenvalue weighted by molar-refractivity contribution is 1.04. The average Bonchev–Trinajstić information content (AvgIpc) is 3.00. The Hall–Kier alpha value is -3.28. The molecule has 4 rings (SSSR count). The van der Waals surface area contributed by atoms with Gasteiger partial charge in [-0.1, -0.05) is 24.3 Å². The molecule has 1 aromatic carbocycles. The zero-order valence-corrected chi connectivity index (χ0v) is 13.4. The molecule has 0 aliphatic carbocycles. The number of benzene rings is 1. The summed E-state index contributed by atoms with van der Waals surface area (Å²) in [5, 5.41) is 11.2. The quantitative estimate of drug-likeness (QED) is 0.601. The Balaban J connectivity index is 1.89. The van der Waals surface area contributed by atoms with Gasteiger partial charge in [-0.2, -0.15) is 4.98 Å². The van der Waals surface area contributed by atoms with E-state index in [1.54, 1.807) is 12.4 Å². The number of nitrogens with zero attached hydrogens (tertiary/aromatic N) is 4. The van der Waals surface area contributed by atoms with Crippen molar-refractivity contribution in [1.29, 1.82) is 0 Å². The predicted octanol–water partition coefficient (Wildman–Crippen LogP) is 3.78. The van der Waals surface area contributed by atoms with Crippen molar-refractivity contribution in [1.82, 2.24) is 25.1 Å². The molecule has 0 bridgehead atoms. The van der Waals surface area contributed by atoms with E-state index in [9.17, 15) is 0 Å². The molecule has 0 atom stereocenters. The van der Waals surface area contributed by atoms with Gasteiger partial charge in [0.1, 0.15) is 5.82 Å². The van der Waals surface area contributed by atoms with Crippen LogP contribution in [0.1, 0.15) is 11.4 Å². The van der Waals surface area contributed by atoms with Crippen LogP contribution in [0, 0.1) is 13.8 Å². The Bertz CT molecular complexity index is 1020. The maximum atomic E-state index is 4.76. The molecule has 6 heteroatoms. The van der Waals surface area contributed by atoms with E-state index in [0.717, 1.165) is 33.7 Å². The normalized spacial score (nSPS) is 10.9. The first-order valence-electron chi connectivity index (χ1n) is 7.67. The molecule has 2 N–H and O–H groups in total. The van der Waals surface area contributed by atoms with Gasteiger partial charge in [0.2, 0.25) is 5.95 Å². The van der Waals surface area contributed by atoms with Gasteiger partial charge in [-0.15, -0.1) is 5.10 Å². The highest BCUT2D eigenvalue weighted by atomic mass is 15.3. The first-order chi connectivity index (χ1) is 11.7. The lowest BCUT2D eigenvalue weighted by Gasteiger charge is -2.11. The van der Waals surface area contributed by atoms with Crippen molar-refractivity contribution >= 4 is 22.5 Å². The van der Waals surface area contributed by atoms with E-state index in [1.807, 2.05) is 31.2 Å². The smallest absolute Gasteiger partial charge is 0.246 e. The lowest BCUT2D eigenvalue weighted by Crippen LogP contribution is -1.97. The van der Waals surface area contributed by atoms with Gasteiger partial charge in [0.25, 0.3) is 0 Å². The van der Waals surface area contributed by atoms with Crippen LogP contribution in [0.3, 0.4) is 0 Å². The van der Waals surface area contributed by atoms with Gasteiger partial charge in [-0.05, 0) is 31.5 Å². The number of aromatic nitrogens is 5. The second kappa shape index (κ2) is 5.73. The van der Waals surface area contributed by atoms with E-state index in [1.165, 1.54) is 5.56 Å². The fourth-order valence-electron chi connectivity index (χ4n) is 2.70.